The normalized spacial score (nSPS) is 19.6. The molecule has 0 spiro atoms. The highest BCUT2D eigenvalue weighted by molar-refractivity contribution is 5.71. The van der Waals surface area contributed by atoms with Crippen molar-refractivity contribution in [2.45, 2.75) is 18.9 Å². The minimum Gasteiger partial charge on any atom is -0.460 e. The summed E-state index contributed by atoms with van der Waals surface area (Å²) in [4.78, 5) is 14.0. The van der Waals surface area contributed by atoms with Gasteiger partial charge in [-0.05, 0) is 36.4 Å². The maximum atomic E-state index is 11.9. The van der Waals surface area contributed by atoms with Crippen molar-refractivity contribution in [2.75, 3.05) is 20.1 Å². The predicted molar refractivity (Wildman–Crippen MR) is 91.0 cm³/mol. The molecule has 120 valence electrons. The Bertz CT molecular complexity index is 627. The molecule has 2 unspecified atom stereocenters. The maximum absolute atomic E-state index is 11.9. The van der Waals surface area contributed by atoms with Gasteiger partial charge in [-0.2, -0.15) is 0 Å². The number of rotatable bonds is 7. The maximum Gasteiger partial charge on any atom is 0.320 e. The van der Waals surface area contributed by atoms with Crippen LogP contribution >= 0.6 is 0 Å². The second-order valence-corrected chi connectivity index (χ2v) is 6.36. The molecule has 3 heteroatoms. The second-order valence-electron chi connectivity index (χ2n) is 6.36. The summed E-state index contributed by atoms with van der Waals surface area (Å²) in [7, 11) is 1.99. The SMILES string of the molecule is CN(CC(=O)OCc1ccccc1)CC1CC1c1ccccc1. The molecule has 0 aromatic heterocycles. The van der Waals surface area contributed by atoms with E-state index in [1.54, 1.807) is 0 Å². The Morgan fingerprint density at radius 2 is 1.74 bits per heavy atom. The fourth-order valence-electron chi connectivity index (χ4n) is 3.03. The van der Waals surface area contributed by atoms with E-state index in [0.717, 1.165) is 12.1 Å². The lowest BCUT2D eigenvalue weighted by atomic mass is 10.1. The number of nitrogens with zero attached hydrogens (tertiary/aromatic N) is 1. The Hall–Kier alpha value is -2.13. The largest absolute Gasteiger partial charge is 0.460 e. The molecule has 1 aliphatic rings. The number of hydrogen-bond acceptors (Lipinski definition) is 3. The Labute approximate surface area is 137 Å². The highest BCUT2D eigenvalue weighted by Gasteiger charge is 2.38. The number of ether oxygens (including phenoxy) is 1. The van der Waals surface area contributed by atoms with Crippen molar-refractivity contribution in [1.29, 1.82) is 0 Å². The van der Waals surface area contributed by atoms with Crippen molar-refractivity contribution in [3.05, 3.63) is 71.8 Å². The van der Waals surface area contributed by atoms with Crippen LogP contribution in [-0.4, -0.2) is 31.0 Å². The first-order valence-electron chi connectivity index (χ1n) is 8.15. The molecule has 0 aliphatic heterocycles. The van der Waals surface area contributed by atoms with Crippen LogP contribution in [0.15, 0.2) is 60.7 Å². The molecule has 2 aromatic rings. The van der Waals surface area contributed by atoms with Crippen LogP contribution in [0.1, 0.15) is 23.5 Å². The van der Waals surface area contributed by atoms with Crippen LogP contribution in [0.25, 0.3) is 0 Å². The van der Waals surface area contributed by atoms with Crippen molar-refractivity contribution < 1.29 is 9.53 Å². The highest BCUT2D eigenvalue weighted by atomic mass is 16.5. The van der Waals surface area contributed by atoms with Gasteiger partial charge in [-0.25, -0.2) is 0 Å². The van der Waals surface area contributed by atoms with E-state index in [1.165, 1.54) is 12.0 Å². The molecule has 2 atom stereocenters. The summed E-state index contributed by atoms with van der Waals surface area (Å²) in [5.41, 5.74) is 2.44. The third kappa shape index (κ3) is 4.67. The molecule has 0 heterocycles. The molecule has 1 aliphatic carbocycles. The summed E-state index contributed by atoms with van der Waals surface area (Å²) >= 11 is 0. The molecule has 3 nitrogen and oxygen atoms in total. The summed E-state index contributed by atoms with van der Waals surface area (Å²) in [5, 5.41) is 0. The standard InChI is InChI=1S/C20H23NO2/c1-21(13-18-12-19(18)17-10-6-3-7-11-17)14-20(22)23-15-16-8-4-2-5-9-16/h2-11,18-19H,12-15H2,1H3. The fourth-order valence-corrected chi connectivity index (χ4v) is 3.03. The number of benzene rings is 2. The molecular formula is C20H23NO2. The second kappa shape index (κ2) is 7.42. The average Bonchev–Trinajstić information content (AvgIpc) is 3.33. The van der Waals surface area contributed by atoms with Crippen molar-refractivity contribution in [2.24, 2.45) is 5.92 Å². The third-order valence-electron chi connectivity index (χ3n) is 4.34. The molecule has 0 radical (unpaired) electrons. The van der Waals surface area contributed by atoms with Crippen LogP contribution in [0.3, 0.4) is 0 Å². The van der Waals surface area contributed by atoms with E-state index in [1.807, 2.05) is 37.4 Å². The van der Waals surface area contributed by atoms with Gasteiger partial charge in [0.15, 0.2) is 0 Å². The minimum absolute atomic E-state index is 0.159. The molecule has 1 saturated carbocycles. The average molecular weight is 309 g/mol. The molecular weight excluding hydrogens is 286 g/mol. The Morgan fingerprint density at radius 3 is 2.43 bits per heavy atom. The van der Waals surface area contributed by atoms with Gasteiger partial charge in [0.05, 0.1) is 6.54 Å². The Morgan fingerprint density at radius 1 is 1.09 bits per heavy atom. The number of esters is 1. The van der Waals surface area contributed by atoms with E-state index in [0.29, 0.717) is 25.0 Å². The summed E-state index contributed by atoms with van der Waals surface area (Å²) in [6.45, 7) is 1.65. The molecule has 3 rings (SSSR count). The third-order valence-corrected chi connectivity index (χ3v) is 4.34. The number of carbonyl (C=O) groups is 1. The molecule has 0 amide bonds. The lowest BCUT2D eigenvalue weighted by molar-refractivity contribution is -0.146. The van der Waals surface area contributed by atoms with E-state index < -0.39 is 0 Å². The summed E-state index contributed by atoms with van der Waals surface area (Å²) in [5.74, 6) is 1.15. The zero-order chi connectivity index (χ0) is 16.1. The number of hydrogen-bond donors (Lipinski definition) is 0. The van der Waals surface area contributed by atoms with Gasteiger partial charge in [-0.1, -0.05) is 60.7 Å². The van der Waals surface area contributed by atoms with E-state index in [4.69, 9.17) is 4.74 Å². The first kappa shape index (κ1) is 15.8. The van der Waals surface area contributed by atoms with E-state index in [9.17, 15) is 4.79 Å². The van der Waals surface area contributed by atoms with Crippen molar-refractivity contribution >= 4 is 5.97 Å². The van der Waals surface area contributed by atoms with E-state index in [2.05, 4.69) is 35.2 Å². The van der Waals surface area contributed by atoms with Gasteiger partial charge in [-0.15, -0.1) is 0 Å². The molecule has 0 bridgehead atoms. The zero-order valence-electron chi connectivity index (χ0n) is 13.5. The lowest BCUT2D eigenvalue weighted by Gasteiger charge is -2.15. The van der Waals surface area contributed by atoms with Gasteiger partial charge in [0.2, 0.25) is 0 Å². The van der Waals surface area contributed by atoms with Gasteiger partial charge < -0.3 is 4.74 Å². The van der Waals surface area contributed by atoms with Crippen molar-refractivity contribution in [3.8, 4) is 0 Å². The topological polar surface area (TPSA) is 29.5 Å². The fraction of sp³-hybridized carbons (Fsp3) is 0.350. The van der Waals surface area contributed by atoms with Crippen LogP contribution < -0.4 is 0 Å². The summed E-state index contributed by atoms with van der Waals surface area (Å²) < 4.78 is 5.33. The van der Waals surface area contributed by atoms with Gasteiger partial charge in [0.1, 0.15) is 6.61 Å². The molecule has 1 fully saturated rings. The van der Waals surface area contributed by atoms with E-state index >= 15 is 0 Å². The zero-order valence-corrected chi connectivity index (χ0v) is 13.5. The lowest BCUT2D eigenvalue weighted by Crippen LogP contribution is -2.29. The number of likely N-dealkylation sites (N-methyl/N-ethyl adjacent to an activating group) is 1. The quantitative estimate of drug-likeness (QED) is 0.734. The molecule has 0 N–H and O–H groups in total. The van der Waals surface area contributed by atoms with Gasteiger partial charge in [0, 0.05) is 6.54 Å². The predicted octanol–water partition coefficient (Wildman–Crippen LogP) is 3.47. The van der Waals surface area contributed by atoms with Crippen LogP contribution in [0, 0.1) is 5.92 Å². The molecule has 0 saturated heterocycles. The summed E-state index contributed by atoms with van der Waals surface area (Å²) in [6, 6.07) is 20.4. The monoisotopic (exact) mass is 309 g/mol. The van der Waals surface area contributed by atoms with E-state index in [-0.39, 0.29) is 5.97 Å². The minimum atomic E-state index is -0.159. The van der Waals surface area contributed by atoms with Crippen LogP contribution in [-0.2, 0) is 16.1 Å². The van der Waals surface area contributed by atoms with Crippen LogP contribution in [0.5, 0.6) is 0 Å². The Balaban J connectivity index is 1.38. The van der Waals surface area contributed by atoms with Crippen molar-refractivity contribution in [1.82, 2.24) is 4.90 Å². The van der Waals surface area contributed by atoms with Gasteiger partial charge in [0.25, 0.3) is 0 Å². The first-order valence-corrected chi connectivity index (χ1v) is 8.15. The van der Waals surface area contributed by atoms with Gasteiger partial charge >= 0.3 is 5.97 Å². The van der Waals surface area contributed by atoms with Crippen LogP contribution in [0.4, 0.5) is 0 Å². The van der Waals surface area contributed by atoms with Crippen LogP contribution in [0.2, 0.25) is 0 Å². The van der Waals surface area contributed by atoms with Gasteiger partial charge in [-0.3, -0.25) is 9.69 Å². The summed E-state index contributed by atoms with van der Waals surface area (Å²) in [6.07, 6.45) is 1.22. The van der Waals surface area contributed by atoms with Crippen molar-refractivity contribution in [3.63, 3.8) is 0 Å². The molecule has 23 heavy (non-hydrogen) atoms. The number of carbonyl (C=O) groups excluding carboxylic acids is 1. The highest BCUT2D eigenvalue weighted by Crippen LogP contribution is 2.47. The first-order chi connectivity index (χ1) is 11.2. The molecule has 2 aromatic carbocycles. The Kier molecular flexibility index (Phi) is 5.09. The smallest absolute Gasteiger partial charge is 0.320 e.